The zero-order valence-electron chi connectivity index (χ0n) is 15.1. The highest BCUT2D eigenvalue weighted by molar-refractivity contribution is 6.35. The van der Waals surface area contributed by atoms with Crippen molar-refractivity contribution < 1.29 is 0 Å². The Balaban J connectivity index is 1.67. The van der Waals surface area contributed by atoms with Crippen LogP contribution in [0.3, 0.4) is 0 Å². The van der Waals surface area contributed by atoms with E-state index in [4.69, 9.17) is 22.4 Å². The van der Waals surface area contributed by atoms with E-state index in [2.05, 4.69) is 31.4 Å². The molecule has 0 bridgehead atoms. The van der Waals surface area contributed by atoms with Gasteiger partial charge in [-0.05, 0) is 38.1 Å². The molecule has 28 heavy (non-hydrogen) atoms. The van der Waals surface area contributed by atoms with E-state index in [0.29, 0.717) is 11.1 Å². The molecule has 0 radical (unpaired) electrons. The molecule has 0 atom stereocenters. The number of H-pyrrole nitrogens is 1. The van der Waals surface area contributed by atoms with Crippen LogP contribution >= 0.6 is 11.6 Å². The van der Waals surface area contributed by atoms with Crippen LogP contribution in [0.2, 0.25) is 5.02 Å². The summed E-state index contributed by atoms with van der Waals surface area (Å²) in [4.78, 5) is 16.0. The molecule has 0 spiro atoms. The van der Waals surface area contributed by atoms with E-state index < -0.39 is 0 Å². The van der Waals surface area contributed by atoms with Crippen molar-refractivity contribution in [3.63, 3.8) is 0 Å². The first-order valence-corrected chi connectivity index (χ1v) is 9.58. The summed E-state index contributed by atoms with van der Waals surface area (Å²) in [5.41, 5.74) is 9.91. The number of pyridine rings is 1. The molecule has 0 unspecified atom stereocenters. The number of nitrogens with two attached hydrogens (primary N) is 1. The van der Waals surface area contributed by atoms with E-state index in [1.54, 1.807) is 18.6 Å². The van der Waals surface area contributed by atoms with Gasteiger partial charge in [-0.15, -0.1) is 0 Å². The molecular formula is C19H19ClN8. The topological polar surface area (TPSA) is 110 Å². The second kappa shape index (κ2) is 6.88. The van der Waals surface area contributed by atoms with Gasteiger partial charge in [0.15, 0.2) is 0 Å². The van der Waals surface area contributed by atoms with Gasteiger partial charge in [0.05, 0.1) is 16.8 Å². The number of nitrogen functional groups attached to an aromatic ring is 1. The fourth-order valence-corrected chi connectivity index (χ4v) is 3.87. The quantitative estimate of drug-likeness (QED) is 0.492. The highest BCUT2D eigenvalue weighted by Gasteiger charge is 2.21. The molecule has 0 amide bonds. The number of nitrogens with one attached hydrogen (secondary N) is 2. The molecule has 8 nitrogen and oxygen atoms in total. The largest absolute Gasteiger partial charge is 0.368 e. The Morgan fingerprint density at radius 3 is 2.89 bits per heavy atom. The number of halogens is 1. The zero-order chi connectivity index (χ0) is 19.1. The summed E-state index contributed by atoms with van der Waals surface area (Å²) in [5, 5.41) is 9.82. The van der Waals surface area contributed by atoms with Gasteiger partial charge >= 0.3 is 0 Å². The molecule has 4 aromatic rings. The number of anilines is 1. The highest BCUT2D eigenvalue weighted by Crippen LogP contribution is 2.34. The Bertz CT molecular complexity index is 1140. The lowest BCUT2D eigenvalue weighted by Gasteiger charge is -2.22. The zero-order valence-corrected chi connectivity index (χ0v) is 15.8. The van der Waals surface area contributed by atoms with Crippen LogP contribution in [0.4, 0.5) is 5.95 Å². The Labute approximate surface area is 166 Å². The first-order chi connectivity index (χ1) is 13.7. The second-order valence-corrected chi connectivity index (χ2v) is 7.32. The molecule has 5 rings (SSSR count). The third-order valence-corrected chi connectivity index (χ3v) is 5.43. The summed E-state index contributed by atoms with van der Waals surface area (Å²) in [6.45, 7) is 1.98. The van der Waals surface area contributed by atoms with Gasteiger partial charge in [0.1, 0.15) is 11.3 Å². The van der Waals surface area contributed by atoms with E-state index in [0.717, 1.165) is 59.5 Å². The molecule has 4 N–H and O–H groups in total. The van der Waals surface area contributed by atoms with Crippen molar-refractivity contribution >= 4 is 28.6 Å². The van der Waals surface area contributed by atoms with E-state index in [-0.39, 0.29) is 5.95 Å². The minimum atomic E-state index is 0.236. The summed E-state index contributed by atoms with van der Waals surface area (Å²) in [6, 6.07) is 4.20. The normalized spacial score (nSPS) is 15.3. The lowest BCUT2D eigenvalue weighted by atomic mass is 10.1. The van der Waals surface area contributed by atoms with Crippen LogP contribution in [0.25, 0.3) is 33.5 Å². The van der Waals surface area contributed by atoms with Gasteiger partial charge in [0.25, 0.3) is 0 Å². The number of rotatable bonds is 3. The van der Waals surface area contributed by atoms with Crippen LogP contribution in [-0.4, -0.2) is 42.8 Å². The molecule has 0 aromatic carbocycles. The van der Waals surface area contributed by atoms with Crippen molar-refractivity contribution in [2.75, 3.05) is 18.8 Å². The van der Waals surface area contributed by atoms with Crippen molar-refractivity contribution in [2.45, 2.75) is 18.9 Å². The minimum absolute atomic E-state index is 0.236. The average molecular weight is 395 g/mol. The monoisotopic (exact) mass is 394 g/mol. The van der Waals surface area contributed by atoms with Crippen LogP contribution in [0.15, 0.2) is 36.9 Å². The Kier molecular flexibility index (Phi) is 4.22. The van der Waals surface area contributed by atoms with Gasteiger partial charge in [0, 0.05) is 41.3 Å². The second-order valence-electron chi connectivity index (χ2n) is 6.91. The third-order valence-electron chi connectivity index (χ3n) is 5.12. The lowest BCUT2D eigenvalue weighted by molar-refractivity contribution is 0.344. The summed E-state index contributed by atoms with van der Waals surface area (Å²) in [5.74, 6) is 0.236. The molecule has 1 aliphatic heterocycles. The SMILES string of the molecule is Nc1nccc(-c2cn(C3CCNCC3)nc2-c2cnc3[nH]cc(Cl)c3c2)n1. The predicted molar refractivity (Wildman–Crippen MR) is 109 cm³/mol. The number of aromatic amines is 1. The smallest absolute Gasteiger partial charge is 0.220 e. The van der Waals surface area contributed by atoms with E-state index >= 15 is 0 Å². The third kappa shape index (κ3) is 3.00. The summed E-state index contributed by atoms with van der Waals surface area (Å²) >= 11 is 6.30. The summed E-state index contributed by atoms with van der Waals surface area (Å²) in [7, 11) is 0. The molecule has 9 heteroatoms. The van der Waals surface area contributed by atoms with Crippen molar-refractivity contribution in [3.8, 4) is 22.5 Å². The summed E-state index contributed by atoms with van der Waals surface area (Å²) < 4.78 is 2.05. The summed E-state index contributed by atoms with van der Waals surface area (Å²) in [6.07, 6.45) is 9.32. The van der Waals surface area contributed by atoms with Gasteiger partial charge in [0.2, 0.25) is 5.95 Å². The molecule has 0 aliphatic carbocycles. The Hall–Kier alpha value is -2.97. The maximum atomic E-state index is 6.30. The number of hydrogen-bond acceptors (Lipinski definition) is 6. The standard InChI is InChI=1S/C19H19ClN8/c20-15-9-25-18-13(15)7-11(8-24-18)17-14(16-3-6-23-19(21)26-16)10-28(27-17)12-1-4-22-5-2-12/h3,6-10,12,22H,1-2,4-5H2,(H,24,25)(H2,21,23,26). The first-order valence-electron chi connectivity index (χ1n) is 9.21. The number of hydrogen-bond donors (Lipinski definition) is 3. The number of nitrogens with zero attached hydrogens (tertiary/aromatic N) is 5. The average Bonchev–Trinajstić information content (AvgIpc) is 3.33. The van der Waals surface area contributed by atoms with Crippen LogP contribution in [0, 0.1) is 0 Å². The molecule has 1 saturated heterocycles. The molecule has 5 heterocycles. The van der Waals surface area contributed by atoms with Gasteiger partial charge in [-0.2, -0.15) is 5.10 Å². The van der Waals surface area contributed by atoms with Gasteiger partial charge < -0.3 is 16.0 Å². The Morgan fingerprint density at radius 2 is 2.07 bits per heavy atom. The molecule has 142 valence electrons. The predicted octanol–water partition coefficient (Wildman–Crippen LogP) is 3.04. The maximum absolute atomic E-state index is 6.30. The number of aromatic nitrogens is 6. The Morgan fingerprint density at radius 1 is 1.21 bits per heavy atom. The van der Waals surface area contributed by atoms with Crippen molar-refractivity contribution in [3.05, 3.63) is 41.9 Å². The van der Waals surface area contributed by atoms with E-state index in [9.17, 15) is 0 Å². The molecular weight excluding hydrogens is 376 g/mol. The van der Waals surface area contributed by atoms with Crippen LogP contribution < -0.4 is 11.1 Å². The van der Waals surface area contributed by atoms with E-state index in [1.807, 2.05) is 16.8 Å². The molecule has 0 saturated carbocycles. The van der Waals surface area contributed by atoms with Gasteiger partial charge in [-0.1, -0.05) is 11.6 Å². The van der Waals surface area contributed by atoms with Crippen LogP contribution in [-0.2, 0) is 0 Å². The van der Waals surface area contributed by atoms with Gasteiger partial charge in [-0.25, -0.2) is 15.0 Å². The number of piperidine rings is 1. The van der Waals surface area contributed by atoms with Crippen molar-refractivity contribution in [1.82, 2.24) is 35.0 Å². The maximum Gasteiger partial charge on any atom is 0.220 e. The van der Waals surface area contributed by atoms with Crippen molar-refractivity contribution in [2.24, 2.45) is 0 Å². The first kappa shape index (κ1) is 17.2. The van der Waals surface area contributed by atoms with E-state index in [1.165, 1.54) is 0 Å². The fourth-order valence-electron chi connectivity index (χ4n) is 3.68. The molecule has 4 aromatic heterocycles. The van der Waals surface area contributed by atoms with Crippen molar-refractivity contribution in [1.29, 1.82) is 0 Å². The van der Waals surface area contributed by atoms with Crippen LogP contribution in [0.1, 0.15) is 18.9 Å². The minimum Gasteiger partial charge on any atom is -0.368 e. The number of fused-ring (bicyclic) bond motifs is 1. The molecule has 1 aliphatic rings. The van der Waals surface area contributed by atoms with Crippen LogP contribution in [0.5, 0.6) is 0 Å². The fraction of sp³-hybridized carbons (Fsp3) is 0.263. The highest BCUT2D eigenvalue weighted by atomic mass is 35.5. The lowest BCUT2D eigenvalue weighted by Crippen LogP contribution is -2.29. The molecule has 1 fully saturated rings. The van der Waals surface area contributed by atoms with Gasteiger partial charge in [-0.3, -0.25) is 4.68 Å².